The molecule has 1 aromatic heterocycles. The van der Waals surface area contributed by atoms with Gasteiger partial charge in [-0.2, -0.15) is 0 Å². The van der Waals surface area contributed by atoms with E-state index in [-0.39, 0.29) is 99.1 Å². The van der Waals surface area contributed by atoms with Crippen molar-refractivity contribution in [3.8, 4) is 11.5 Å². The highest BCUT2D eigenvalue weighted by atomic mass is 32.2. The van der Waals surface area contributed by atoms with Crippen LogP contribution in [0.5, 0.6) is 11.5 Å². The van der Waals surface area contributed by atoms with Crippen molar-refractivity contribution in [2.45, 2.75) is 191 Å². The Morgan fingerprint density at radius 3 is 1.53 bits per heavy atom. The molecular weight excluding hydrogens is 1750 g/mol. The number of carboxylic acid groups (broad SMARTS) is 1. The van der Waals surface area contributed by atoms with E-state index in [1.54, 1.807) is 156 Å². The van der Waals surface area contributed by atoms with E-state index in [9.17, 15) is 44.1 Å². The molecule has 0 spiro atoms. The van der Waals surface area contributed by atoms with E-state index in [2.05, 4.69) is 52.8 Å². The van der Waals surface area contributed by atoms with Crippen LogP contribution in [0.25, 0.3) is 10.9 Å². The van der Waals surface area contributed by atoms with Gasteiger partial charge in [0.25, 0.3) is 0 Å². The molecule has 2 fully saturated rings. The number of H-pyrrole nitrogens is 1. The maximum absolute atomic E-state index is 15.8. The van der Waals surface area contributed by atoms with Crippen molar-refractivity contribution in [2.24, 2.45) is 17.6 Å². The monoisotopic (exact) mass is 1870 g/mol. The second-order valence-electron chi connectivity index (χ2n) is 34.2. The van der Waals surface area contributed by atoms with Crippen LogP contribution in [0.4, 0.5) is 0 Å². The molecule has 15 amide bonds. The van der Waals surface area contributed by atoms with Crippen molar-refractivity contribution in [3.63, 3.8) is 0 Å². The van der Waals surface area contributed by atoms with Crippen LogP contribution in [-0.2, 0) is 115 Å². The Morgan fingerprint density at radius 2 is 0.962 bits per heavy atom. The first-order chi connectivity index (χ1) is 63.5. The molecule has 3 heterocycles. The molecule has 35 nitrogen and oxygen atoms in total. The zero-order chi connectivity index (χ0) is 96.7. The van der Waals surface area contributed by atoms with Gasteiger partial charge in [-0.25, -0.2) is 0 Å². The third-order valence-electron chi connectivity index (χ3n) is 23.1. The molecular formula is C96H122N16O19S2. The molecule has 12 atom stereocenters. The van der Waals surface area contributed by atoms with Gasteiger partial charge >= 0.3 is 5.97 Å². The summed E-state index contributed by atoms with van der Waals surface area (Å²) in [6.45, 7) is 8.71. The third-order valence-corrected chi connectivity index (χ3v) is 25.2. The molecule has 15 N–H and O–H groups in total. The minimum atomic E-state index is -1.91. The lowest BCUT2D eigenvalue weighted by molar-refractivity contribution is -0.152. The van der Waals surface area contributed by atoms with Gasteiger partial charge in [0.2, 0.25) is 88.6 Å². The summed E-state index contributed by atoms with van der Waals surface area (Å²) >= 11 is 2.01. The lowest BCUT2D eigenvalue weighted by Gasteiger charge is -2.37. The van der Waals surface area contributed by atoms with Gasteiger partial charge in [0, 0.05) is 94.8 Å². The number of thioether (sulfide) groups is 2. The number of nitrogens with two attached hydrogens (primary N) is 1. The summed E-state index contributed by atoms with van der Waals surface area (Å²) in [4.78, 5) is 247. The zero-order valence-corrected chi connectivity index (χ0v) is 77.8. The smallest absolute Gasteiger partial charge is 0.305 e. The topological polar surface area (TPSA) is 500 Å². The normalized spacial score (nSPS) is 22.6. The fourth-order valence-electron chi connectivity index (χ4n) is 15.9. The summed E-state index contributed by atoms with van der Waals surface area (Å²) in [6, 6.07) is 26.3. The van der Waals surface area contributed by atoms with Crippen molar-refractivity contribution in [1.82, 2.24) is 77.3 Å². The van der Waals surface area contributed by atoms with Crippen molar-refractivity contribution < 1.29 is 92.0 Å². The largest absolute Gasteiger partial charge is 0.508 e. The Kier molecular flexibility index (Phi) is 39.1. The first-order valence-corrected chi connectivity index (χ1v) is 46.8. The van der Waals surface area contributed by atoms with E-state index in [0.29, 0.717) is 57.1 Å². The van der Waals surface area contributed by atoms with Gasteiger partial charge in [0.15, 0.2) is 0 Å². The summed E-state index contributed by atoms with van der Waals surface area (Å²) in [5.41, 5.74) is 9.21. The molecule has 0 saturated carbocycles. The number of aromatic hydroxyl groups is 2. The number of aromatic amines is 1. The van der Waals surface area contributed by atoms with Crippen LogP contribution in [-0.4, -0.2) is 276 Å². The van der Waals surface area contributed by atoms with Crippen molar-refractivity contribution in [1.29, 1.82) is 0 Å². The standard InChI is InChI=1S/C96H122N16O19S2/c1-10-12-32-76-95(130)111(41-11-2)52-81(116)100-72(49-83(118)119)89(124)107-84(58(5)6)96(131)109(8)77(46-60-26-18-14-19-27-60)90(125)105-74(45-63-35-39-66(114)40-36-63)93(128)112-56-133-54-79(112)91(126)104-71(48-64-50-98-68-31-23-22-30-67(64)68)88(123)103-70(43-62-33-37-65(113)38-34-62)87(122)102-69(42-57(3)4)86(121)106-75(85(120)99-51-80(97)115)53-132-55-82(117)101-73(44-59-24-16-13-17-25-59)92(127)110(9)78(94(129)108(76)7)47-61-28-20-15-21-29-61/h13-31,33-40,50,57-58,69-79,84,98,113-114H,10-12,32,41-49,51-56H2,1-9H3,(H2,97,115)(H,99,120)(H,100,116)(H,101,117)(H,102,122)(H,103,123)(H,104,126)(H,105,125)(H,106,121)(H,107,124)(H,118,119)/t69-,70-,71-,72-,73-,74-,75-,76-,77-,78-,79+,84-/m0/s1. The number of fused-ring (bicyclic) bond motifs is 2. The molecule has 0 unspecified atom stereocenters. The summed E-state index contributed by atoms with van der Waals surface area (Å²) < 4.78 is 0. The number of nitrogens with zero attached hydrogens (tertiary/aromatic N) is 5. The van der Waals surface area contributed by atoms with Crippen molar-refractivity contribution >= 4 is 129 Å². The highest BCUT2D eigenvalue weighted by Crippen LogP contribution is 2.28. The van der Waals surface area contributed by atoms with Gasteiger partial charge < -0.3 is 98.4 Å². The number of carbonyl (C=O) groups is 16. The molecule has 2 aliphatic heterocycles. The molecule has 2 saturated heterocycles. The van der Waals surface area contributed by atoms with Crippen LogP contribution < -0.4 is 53.6 Å². The third kappa shape index (κ3) is 30.4. The Bertz CT molecular complexity index is 5210. The predicted molar refractivity (Wildman–Crippen MR) is 502 cm³/mol. The summed E-state index contributed by atoms with van der Waals surface area (Å²) in [7, 11) is 4.08. The van der Waals surface area contributed by atoms with E-state index in [1.807, 2.05) is 6.92 Å². The van der Waals surface area contributed by atoms with Crippen LogP contribution in [0, 0.1) is 11.8 Å². The van der Waals surface area contributed by atoms with Gasteiger partial charge in [-0.05, 0) is 94.8 Å². The minimum Gasteiger partial charge on any atom is -0.508 e. The molecule has 9 rings (SSSR count). The number of nitrogens with one attached hydrogen (secondary N) is 10. The van der Waals surface area contributed by atoms with Gasteiger partial charge in [-0.15, -0.1) is 23.5 Å². The number of rotatable bonds is 25. The maximum Gasteiger partial charge on any atom is 0.305 e. The molecule has 0 aliphatic carbocycles. The first kappa shape index (κ1) is 103. The van der Waals surface area contributed by atoms with Gasteiger partial charge in [-0.1, -0.05) is 188 Å². The van der Waals surface area contributed by atoms with Crippen LogP contribution in [0.2, 0.25) is 0 Å². The Hall–Kier alpha value is -13.3. The van der Waals surface area contributed by atoms with Crippen LogP contribution in [0.15, 0.2) is 170 Å². The molecule has 6 aromatic carbocycles. The number of unbranched alkanes of at least 4 members (excludes halogenated alkanes) is 1. The van der Waals surface area contributed by atoms with E-state index in [4.69, 9.17) is 5.73 Å². The number of phenols is 2. The number of aliphatic carboxylic acids is 1. The number of hydrogen-bond donors (Lipinski definition) is 14. The van der Waals surface area contributed by atoms with Gasteiger partial charge in [0.1, 0.15) is 84.0 Å². The molecule has 712 valence electrons. The number of primary amides is 1. The second-order valence-corrected chi connectivity index (χ2v) is 36.2. The molecule has 2 aliphatic rings. The number of phenolic OH excluding ortho intramolecular Hbond substituents is 2. The maximum atomic E-state index is 15.8. The Morgan fingerprint density at radius 1 is 0.474 bits per heavy atom. The molecule has 37 heteroatoms. The lowest BCUT2D eigenvalue weighted by atomic mass is 9.98. The SMILES string of the molecule is CCCC[C@H]1C(=O)N(CCC)CC(=O)N[C@@H](CC(=O)O)C(=O)N[C@@H](C(C)C)C(=O)N(C)[C@@H](Cc2ccccc2)C(=O)N[C@@H](Cc2ccc(O)cc2)C(=O)N2CSC[C@@H]2C(=O)N[C@@H](Cc2c[nH]c3ccccc23)C(=O)N[C@@H](Cc2ccc(O)cc2)C(=O)N[C@@H](CC(C)C)C(=O)N[C@H](C(=O)NCC(N)=O)CSCC(=O)N[C@@H](Cc2ccccc2)C(=O)N(C)[C@@H](Cc2ccccc2)C(=O)N1C. The highest BCUT2D eigenvalue weighted by Gasteiger charge is 2.45. The van der Waals surface area contributed by atoms with Crippen LogP contribution in [0.1, 0.15) is 113 Å². The lowest BCUT2D eigenvalue weighted by Crippen LogP contribution is -2.62. The van der Waals surface area contributed by atoms with Crippen LogP contribution >= 0.6 is 23.5 Å². The van der Waals surface area contributed by atoms with Gasteiger partial charge in [0.05, 0.1) is 31.1 Å². The number of carbonyl (C=O) groups excluding carboxylic acids is 15. The quantitative estimate of drug-likeness (QED) is 0.0389. The van der Waals surface area contributed by atoms with E-state index in [1.165, 1.54) is 101 Å². The average molecular weight is 1870 g/mol. The molecule has 133 heavy (non-hydrogen) atoms. The van der Waals surface area contributed by atoms with Gasteiger partial charge in [-0.3, -0.25) is 76.7 Å². The highest BCUT2D eigenvalue weighted by molar-refractivity contribution is 8.00. The fourth-order valence-corrected chi connectivity index (χ4v) is 17.9. The summed E-state index contributed by atoms with van der Waals surface area (Å²) in [6.07, 6.45) is 0.443. The first-order valence-electron chi connectivity index (χ1n) is 44.5. The number of benzene rings is 6. The average Bonchev–Trinajstić information content (AvgIpc) is 1.80. The number of para-hydroxylation sites is 1. The Balaban J connectivity index is 1.13. The van der Waals surface area contributed by atoms with Crippen molar-refractivity contribution in [2.75, 3.05) is 63.9 Å². The number of carboxylic acids is 1. The molecule has 7 aromatic rings. The molecule has 0 bridgehead atoms. The van der Waals surface area contributed by atoms with E-state index < -0.39 is 198 Å². The second kappa shape index (κ2) is 50.3. The number of hydrogen-bond acceptors (Lipinski definition) is 20. The summed E-state index contributed by atoms with van der Waals surface area (Å²) in [5, 5.41) is 56.3. The number of aromatic nitrogens is 1. The van der Waals surface area contributed by atoms with Crippen molar-refractivity contribution in [3.05, 3.63) is 203 Å². The van der Waals surface area contributed by atoms with E-state index >= 15 is 47.9 Å². The van der Waals surface area contributed by atoms with E-state index in [0.717, 1.165) is 16.7 Å². The number of likely N-dealkylation sites (N-methyl/N-ethyl adjacent to an activating group) is 3. The summed E-state index contributed by atoms with van der Waals surface area (Å²) in [5.74, 6) is -17.3. The molecule has 0 radical (unpaired) electrons. The number of amides is 15. The van der Waals surface area contributed by atoms with Crippen LogP contribution in [0.3, 0.4) is 0 Å². The Labute approximate surface area is 781 Å². The zero-order valence-electron chi connectivity index (χ0n) is 76.2. The fraction of sp³-hybridized carbons (Fsp3) is 0.438. The minimum absolute atomic E-state index is 0.0406. The predicted octanol–water partition coefficient (Wildman–Crippen LogP) is 3.55.